The highest BCUT2D eigenvalue weighted by atomic mass is 16.1. The second-order valence-corrected chi connectivity index (χ2v) is 6.61. The fraction of sp³-hybridized carbons (Fsp3) is 0.529. The lowest BCUT2D eigenvalue weighted by Gasteiger charge is -2.22. The van der Waals surface area contributed by atoms with Gasteiger partial charge in [0.1, 0.15) is 0 Å². The third-order valence-corrected chi connectivity index (χ3v) is 3.52. The van der Waals surface area contributed by atoms with E-state index in [1.54, 1.807) is 19.3 Å². The normalized spacial score (nSPS) is 12.4. The standard InChI is InChI=1S/C17H25N7O/c1-10(2)16(25)15(19-11(3)4)7-13-6-14(9-18-8-13)20-17-23-21-12(5)22-24-17/h6,8-11,15,19H,7H2,1-5H3,(H,20,23,24)/t15-/m0/s1. The van der Waals surface area contributed by atoms with E-state index in [4.69, 9.17) is 0 Å². The van der Waals surface area contributed by atoms with Gasteiger partial charge in [0.05, 0.1) is 17.9 Å². The van der Waals surface area contributed by atoms with Gasteiger partial charge in [-0.1, -0.05) is 27.7 Å². The van der Waals surface area contributed by atoms with E-state index >= 15 is 0 Å². The molecule has 25 heavy (non-hydrogen) atoms. The zero-order valence-electron chi connectivity index (χ0n) is 15.3. The number of aromatic nitrogens is 5. The first-order valence-corrected chi connectivity index (χ1v) is 8.40. The van der Waals surface area contributed by atoms with Crippen LogP contribution in [0.2, 0.25) is 0 Å². The Morgan fingerprint density at radius 1 is 1.08 bits per heavy atom. The first kappa shape index (κ1) is 18.9. The summed E-state index contributed by atoms with van der Waals surface area (Å²) in [6, 6.07) is 1.91. The average Bonchev–Trinajstić information content (AvgIpc) is 2.55. The molecule has 134 valence electrons. The molecule has 0 saturated carbocycles. The maximum absolute atomic E-state index is 12.5. The highest BCUT2D eigenvalue weighted by Crippen LogP contribution is 2.15. The summed E-state index contributed by atoms with van der Waals surface area (Å²) in [6.07, 6.45) is 4.01. The molecule has 0 unspecified atom stereocenters. The molecule has 2 heterocycles. The SMILES string of the molecule is Cc1nnc(Nc2cncc(C[C@H](NC(C)C)C(=O)C(C)C)c2)nn1. The van der Waals surface area contributed by atoms with E-state index in [-0.39, 0.29) is 23.8 Å². The Hall–Kier alpha value is -2.48. The highest BCUT2D eigenvalue weighted by Gasteiger charge is 2.22. The fourth-order valence-electron chi connectivity index (χ4n) is 2.41. The van der Waals surface area contributed by atoms with Crippen LogP contribution >= 0.6 is 0 Å². The summed E-state index contributed by atoms with van der Waals surface area (Å²) < 4.78 is 0. The Morgan fingerprint density at radius 2 is 1.76 bits per heavy atom. The van der Waals surface area contributed by atoms with Crippen molar-refractivity contribution in [3.8, 4) is 0 Å². The molecule has 8 nitrogen and oxygen atoms in total. The van der Waals surface area contributed by atoms with Crippen LogP contribution in [0.5, 0.6) is 0 Å². The van der Waals surface area contributed by atoms with Gasteiger partial charge in [0, 0.05) is 18.2 Å². The molecule has 0 aliphatic rings. The molecule has 0 aliphatic heterocycles. The Kier molecular flexibility index (Phi) is 6.46. The number of carbonyl (C=O) groups is 1. The molecular weight excluding hydrogens is 318 g/mol. The van der Waals surface area contributed by atoms with Crippen LogP contribution in [0.25, 0.3) is 0 Å². The van der Waals surface area contributed by atoms with Crippen LogP contribution in [-0.4, -0.2) is 43.2 Å². The molecule has 0 amide bonds. The van der Waals surface area contributed by atoms with Crippen molar-refractivity contribution in [3.05, 3.63) is 29.8 Å². The number of nitrogens with zero attached hydrogens (tertiary/aromatic N) is 5. The van der Waals surface area contributed by atoms with Gasteiger partial charge >= 0.3 is 0 Å². The number of nitrogens with one attached hydrogen (secondary N) is 2. The number of hydrogen-bond donors (Lipinski definition) is 2. The van der Waals surface area contributed by atoms with Crippen LogP contribution in [0.15, 0.2) is 18.5 Å². The Balaban J connectivity index is 2.12. The lowest BCUT2D eigenvalue weighted by atomic mass is 9.95. The second-order valence-electron chi connectivity index (χ2n) is 6.61. The van der Waals surface area contributed by atoms with Gasteiger partial charge in [-0.3, -0.25) is 9.78 Å². The quantitative estimate of drug-likeness (QED) is 0.748. The van der Waals surface area contributed by atoms with E-state index in [0.29, 0.717) is 18.2 Å². The zero-order chi connectivity index (χ0) is 18.4. The Morgan fingerprint density at radius 3 is 2.36 bits per heavy atom. The van der Waals surface area contributed by atoms with E-state index < -0.39 is 0 Å². The van der Waals surface area contributed by atoms with E-state index in [1.165, 1.54) is 0 Å². The number of hydrogen-bond acceptors (Lipinski definition) is 8. The summed E-state index contributed by atoms with van der Waals surface area (Å²) in [5.74, 6) is 0.984. The Labute approximate surface area is 147 Å². The van der Waals surface area contributed by atoms with Crippen LogP contribution < -0.4 is 10.6 Å². The third kappa shape index (κ3) is 5.82. The van der Waals surface area contributed by atoms with Crippen molar-refractivity contribution in [3.63, 3.8) is 0 Å². The summed E-state index contributed by atoms with van der Waals surface area (Å²) in [5.41, 5.74) is 1.68. The molecule has 0 aromatic carbocycles. The van der Waals surface area contributed by atoms with Gasteiger partial charge in [-0.2, -0.15) is 0 Å². The smallest absolute Gasteiger partial charge is 0.266 e. The molecule has 0 spiro atoms. The molecule has 2 rings (SSSR count). The molecule has 0 bridgehead atoms. The highest BCUT2D eigenvalue weighted by molar-refractivity contribution is 5.86. The fourth-order valence-corrected chi connectivity index (χ4v) is 2.41. The number of rotatable bonds is 8. The summed E-state index contributed by atoms with van der Waals surface area (Å²) in [5, 5.41) is 21.9. The van der Waals surface area contributed by atoms with Crippen molar-refractivity contribution in [1.82, 2.24) is 30.7 Å². The minimum absolute atomic E-state index is 0.0244. The van der Waals surface area contributed by atoms with E-state index in [2.05, 4.69) is 36.0 Å². The van der Waals surface area contributed by atoms with Gasteiger partial charge < -0.3 is 10.6 Å². The van der Waals surface area contributed by atoms with Crippen molar-refractivity contribution < 1.29 is 4.79 Å². The van der Waals surface area contributed by atoms with Gasteiger partial charge in [0.15, 0.2) is 11.6 Å². The zero-order valence-corrected chi connectivity index (χ0v) is 15.3. The minimum Gasteiger partial charge on any atom is -0.320 e. The van der Waals surface area contributed by atoms with Crippen LogP contribution in [0.1, 0.15) is 39.1 Å². The van der Waals surface area contributed by atoms with Crippen molar-refractivity contribution in [2.75, 3.05) is 5.32 Å². The summed E-state index contributed by atoms with van der Waals surface area (Å²) in [6.45, 7) is 9.63. The van der Waals surface area contributed by atoms with Gasteiger partial charge in [-0.15, -0.1) is 20.4 Å². The number of Topliss-reactive ketones (excluding diaryl/α,β-unsaturated/α-hetero) is 1. The number of pyridine rings is 1. The maximum Gasteiger partial charge on any atom is 0.266 e. The average molecular weight is 343 g/mol. The van der Waals surface area contributed by atoms with Gasteiger partial charge in [-0.05, 0) is 25.0 Å². The summed E-state index contributed by atoms with van der Waals surface area (Å²) >= 11 is 0. The monoisotopic (exact) mass is 343 g/mol. The van der Waals surface area contributed by atoms with E-state index in [9.17, 15) is 4.79 Å². The van der Waals surface area contributed by atoms with Gasteiger partial charge in [0.25, 0.3) is 5.95 Å². The molecule has 0 saturated heterocycles. The van der Waals surface area contributed by atoms with E-state index in [1.807, 2.05) is 33.8 Å². The molecule has 2 aromatic heterocycles. The third-order valence-electron chi connectivity index (χ3n) is 3.52. The predicted octanol–water partition coefficient (Wildman–Crippen LogP) is 1.85. The largest absolute Gasteiger partial charge is 0.320 e. The second kappa shape index (κ2) is 8.57. The number of anilines is 2. The molecular formula is C17H25N7O. The van der Waals surface area contributed by atoms with Gasteiger partial charge in [-0.25, -0.2) is 0 Å². The van der Waals surface area contributed by atoms with E-state index in [0.717, 1.165) is 11.3 Å². The number of aryl methyl sites for hydroxylation is 1. The first-order chi connectivity index (χ1) is 11.8. The number of carbonyl (C=O) groups excluding carboxylic acids is 1. The van der Waals surface area contributed by atoms with Crippen molar-refractivity contribution in [1.29, 1.82) is 0 Å². The lowest BCUT2D eigenvalue weighted by Crippen LogP contribution is -2.44. The predicted molar refractivity (Wildman–Crippen MR) is 95.5 cm³/mol. The lowest BCUT2D eigenvalue weighted by molar-refractivity contribution is -0.124. The Bertz CT molecular complexity index is 700. The van der Waals surface area contributed by atoms with Crippen LogP contribution in [0.4, 0.5) is 11.6 Å². The van der Waals surface area contributed by atoms with Crippen LogP contribution in [-0.2, 0) is 11.2 Å². The molecule has 0 radical (unpaired) electrons. The molecule has 0 aliphatic carbocycles. The van der Waals surface area contributed by atoms with Crippen molar-refractivity contribution in [2.24, 2.45) is 5.92 Å². The van der Waals surface area contributed by atoms with Gasteiger partial charge in [0.2, 0.25) is 0 Å². The molecule has 2 aromatic rings. The molecule has 0 fully saturated rings. The molecule has 1 atom stereocenters. The van der Waals surface area contributed by atoms with Crippen LogP contribution in [0, 0.1) is 12.8 Å². The first-order valence-electron chi connectivity index (χ1n) is 8.40. The molecule has 2 N–H and O–H groups in total. The summed E-state index contributed by atoms with van der Waals surface area (Å²) in [7, 11) is 0. The maximum atomic E-state index is 12.5. The van der Waals surface area contributed by atoms with Crippen molar-refractivity contribution in [2.45, 2.75) is 53.1 Å². The topological polar surface area (TPSA) is 106 Å². The number of ketones is 1. The summed E-state index contributed by atoms with van der Waals surface area (Å²) in [4.78, 5) is 16.7. The van der Waals surface area contributed by atoms with Crippen molar-refractivity contribution >= 4 is 17.4 Å². The van der Waals surface area contributed by atoms with Crippen LogP contribution in [0.3, 0.4) is 0 Å². The minimum atomic E-state index is -0.240. The molecule has 8 heteroatoms.